The number of imidazole rings is 1. The summed E-state index contributed by atoms with van der Waals surface area (Å²) in [7, 11) is 0. The molecule has 0 radical (unpaired) electrons. The topological polar surface area (TPSA) is 75.1 Å². The van der Waals surface area contributed by atoms with E-state index in [4.69, 9.17) is 11.6 Å². The van der Waals surface area contributed by atoms with Crippen LogP contribution in [0.4, 0.5) is 0 Å². The van der Waals surface area contributed by atoms with Gasteiger partial charge >= 0.3 is 11.7 Å². The number of carbonyl (C=O) groups is 1. The highest BCUT2D eigenvalue weighted by Gasteiger charge is 2.15. The van der Waals surface area contributed by atoms with E-state index >= 15 is 0 Å². The summed E-state index contributed by atoms with van der Waals surface area (Å²) in [5.74, 6) is -1.05. The van der Waals surface area contributed by atoms with Crippen LogP contribution in [0.5, 0.6) is 0 Å². The maximum absolute atomic E-state index is 12.0. The standard InChI is InChI=1S/C14H11ClN2O3S/c15-11-5-4-8(21-11)6-7-17-12-9(13(18)19)2-1-3-10(12)16-14(17)20/h1-5H,6-7H2,(H,16,20)(H,18,19). The van der Waals surface area contributed by atoms with Gasteiger partial charge in [-0.25, -0.2) is 9.59 Å². The minimum Gasteiger partial charge on any atom is -0.478 e. The van der Waals surface area contributed by atoms with Gasteiger partial charge in [-0.2, -0.15) is 0 Å². The number of aromatic nitrogens is 2. The van der Waals surface area contributed by atoms with E-state index in [1.54, 1.807) is 12.1 Å². The Morgan fingerprint density at radius 1 is 1.33 bits per heavy atom. The summed E-state index contributed by atoms with van der Waals surface area (Å²) in [6.45, 7) is 0.403. The molecule has 2 aromatic heterocycles. The number of nitrogens with zero attached hydrogens (tertiary/aromatic N) is 1. The van der Waals surface area contributed by atoms with Gasteiger partial charge in [-0.05, 0) is 30.7 Å². The van der Waals surface area contributed by atoms with Gasteiger partial charge in [-0.3, -0.25) is 4.57 Å². The number of hydrogen-bond acceptors (Lipinski definition) is 3. The van der Waals surface area contributed by atoms with E-state index in [0.717, 1.165) is 4.88 Å². The van der Waals surface area contributed by atoms with Gasteiger partial charge in [-0.15, -0.1) is 11.3 Å². The van der Waals surface area contributed by atoms with Crippen LogP contribution < -0.4 is 5.69 Å². The lowest BCUT2D eigenvalue weighted by Crippen LogP contribution is -2.18. The molecule has 0 bridgehead atoms. The normalized spacial score (nSPS) is 11.1. The molecule has 0 aliphatic rings. The number of halogens is 1. The Hall–Kier alpha value is -2.05. The molecular weight excluding hydrogens is 312 g/mol. The van der Waals surface area contributed by atoms with Gasteiger partial charge < -0.3 is 10.1 Å². The predicted molar refractivity (Wildman–Crippen MR) is 82.6 cm³/mol. The van der Waals surface area contributed by atoms with E-state index in [0.29, 0.717) is 28.3 Å². The maximum atomic E-state index is 12.0. The van der Waals surface area contributed by atoms with Crippen molar-refractivity contribution in [2.24, 2.45) is 0 Å². The number of thiophene rings is 1. The molecule has 0 unspecified atom stereocenters. The summed E-state index contributed by atoms with van der Waals surface area (Å²) < 4.78 is 2.16. The summed E-state index contributed by atoms with van der Waals surface area (Å²) in [6.07, 6.45) is 0.623. The summed E-state index contributed by atoms with van der Waals surface area (Å²) in [6, 6.07) is 8.52. The first-order valence-corrected chi connectivity index (χ1v) is 7.45. The number of aryl methyl sites for hydroxylation is 2. The molecule has 2 heterocycles. The summed E-state index contributed by atoms with van der Waals surface area (Å²) in [5, 5.41) is 9.26. The Kier molecular flexibility index (Phi) is 3.57. The van der Waals surface area contributed by atoms with Crippen molar-refractivity contribution < 1.29 is 9.90 Å². The first kappa shape index (κ1) is 13.9. The first-order valence-electron chi connectivity index (χ1n) is 6.25. The molecule has 0 fully saturated rings. The number of rotatable bonds is 4. The molecule has 7 heteroatoms. The first-order chi connectivity index (χ1) is 10.1. The lowest BCUT2D eigenvalue weighted by molar-refractivity contribution is 0.0698. The molecule has 0 saturated heterocycles. The van der Waals surface area contributed by atoms with Crippen LogP contribution in [0.15, 0.2) is 35.1 Å². The molecule has 2 N–H and O–H groups in total. The molecule has 0 aliphatic carbocycles. The molecular formula is C14H11ClN2O3S. The predicted octanol–water partition coefficient (Wildman–Crippen LogP) is 2.99. The second kappa shape index (κ2) is 5.38. The van der Waals surface area contributed by atoms with Crippen LogP contribution in [-0.4, -0.2) is 20.6 Å². The SMILES string of the molecule is O=C(O)c1cccc2[nH]c(=O)n(CCc3ccc(Cl)s3)c12. The van der Waals surface area contributed by atoms with Crippen molar-refractivity contribution in [2.75, 3.05) is 0 Å². The molecule has 0 spiro atoms. The fourth-order valence-electron chi connectivity index (χ4n) is 2.31. The number of aromatic carboxylic acids is 1. The fraction of sp³-hybridized carbons (Fsp3) is 0.143. The zero-order chi connectivity index (χ0) is 15.0. The third-order valence-electron chi connectivity index (χ3n) is 3.23. The summed E-state index contributed by atoms with van der Waals surface area (Å²) >= 11 is 7.34. The maximum Gasteiger partial charge on any atom is 0.337 e. The zero-order valence-electron chi connectivity index (χ0n) is 10.8. The quantitative estimate of drug-likeness (QED) is 0.775. The second-order valence-electron chi connectivity index (χ2n) is 4.54. The van der Waals surface area contributed by atoms with Crippen LogP contribution >= 0.6 is 22.9 Å². The average molecular weight is 323 g/mol. The Bertz CT molecular complexity index is 878. The summed E-state index contributed by atoms with van der Waals surface area (Å²) in [5.41, 5.74) is 0.776. The third-order valence-corrected chi connectivity index (χ3v) is 4.52. The molecule has 108 valence electrons. The van der Waals surface area contributed by atoms with Crippen molar-refractivity contribution in [3.63, 3.8) is 0 Å². The van der Waals surface area contributed by atoms with Crippen LogP contribution in [0, 0.1) is 0 Å². The Morgan fingerprint density at radius 3 is 2.81 bits per heavy atom. The molecule has 1 aromatic carbocycles. The number of H-pyrrole nitrogens is 1. The highest BCUT2D eigenvalue weighted by Crippen LogP contribution is 2.23. The van der Waals surface area contributed by atoms with Crippen LogP contribution in [-0.2, 0) is 13.0 Å². The number of carboxylic acid groups (broad SMARTS) is 1. The molecule has 0 atom stereocenters. The molecule has 3 aromatic rings. The number of fused-ring (bicyclic) bond motifs is 1. The summed E-state index contributed by atoms with van der Waals surface area (Å²) in [4.78, 5) is 27.1. The van der Waals surface area contributed by atoms with Gasteiger partial charge in [0.15, 0.2) is 0 Å². The molecule has 21 heavy (non-hydrogen) atoms. The lowest BCUT2D eigenvalue weighted by Gasteiger charge is -2.04. The number of benzene rings is 1. The highest BCUT2D eigenvalue weighted by molar-refractivity contribution is 7.16. The van der Waals surface area contributed by atoms with Crippen LogP contribution in [0.3, 0.4) is 0 Å². The number of aromatic amines is 1. The molecule has 3 rings (SSSR count). The number of carboxylic acids is 1. The van der Waals surface area contributed by atoms with Crippen molar-refractivity contribution in [1.29, 1.82) is 0 Å². The van der Waals surface area contributed by atoms with Gasteiger partial charge in [0.1, 0.15) is 0 Å². The zero-order valence-corrected chi connectivity index (χ0v) is 12.4. The average Bonchev–Trinajstić information content (AvgIpc) is 2.98. The van der Waals surface area contributed by atoms with Gasteiger partial charge in [0.25, 0.3) is 0 Å². The van der Waals surface area contributed by atoms with Gasteiger partial charge in [0, 0.05) is 11.4 Å². The largest absolute Gasteiger partial charge is 0.478 e. The van der Waals surface area contributed by atoms with Crippen molar-refractivity contribution in [3.8, 4) is 0 Å². The lowest BCUT2D eigenvalue weighted by atomic mass is 10.2. The number of nitrogens with one attached hydrogen (secondary N) is 1. The van der Waals surface area contributed by atoms with Crippen molar-refractivity contribution in [2.45, 2.75) is 13.0 Å². The monoisotopic (exact) mass is 322 g/mol. The fourth-order valence-corrected chi connectivity index (χ4v) is 3.39. The van der Waals surface area contributed by atoms with Crippen LogP contribution in [0.2, 0.25) is 4.34 Å². The molecule has 0 amide bonds. The van der Waals surface area contributed by atoms with Gasteiger partial charge in [0.2, 0.25) is 0 Å². The van der Waals surface area contributed by atoms with Crippen molar-refractivity contribution in [1.82, 2.24) is 9.55 Å². The van der Waals surface area contributed by atoms with Crippen LogP contribution in [0.25, 0.3) is 11.0 Å². The van der Waals surface area contributed by atoms with E-state index in [1.165, 1.54) is 22.0 Å². The van der Waals surface area contributed by atoms with E-state index in [2.05, 4.69) is 4.98 Å². The van der Waals surface area contributed by atoms with E-state index in [1.807, 2.05) is 12.1 Å². The van der Waals surface area contributed by atoms with E-state index < -0.39 is 5.97 Å². The Morgan fingerprint density at radius 2 is 2.14 bits per heavy atom. The molecule has 0 saturated carbocycles. The van der Waals surface area contributed by atoms with Crippen LogP contribution in [0.1, 0.15) is 15.2 Å². The smallest absolute Gasteiger partial charge is 0.337 e. The third kappa shape index (κ3) is 2.59. The number of hydrogen-bond donors (Lipinski definition) is 2. The van der Waals surface area contributed by atoms with Crippen molar-refractivity contribution in [3.05, 3.63) is 55.6 Å². The molecule has 5 nitrogen and oxygen atoms in total. The van der Waals surface area contributed by atoms with E-state index in [-0.39, 0.29) is 11.3 Å². The minimum atomic E-state index is -1.05. The highest BCUT2D eigenvalue weighted by atomic mass is 35.5. The van der Waals surface area contributed by atoms with Crippen molar-refractivity contribution >= 4 is 39.9 Å². The van der Waals surface area contributed by atoms with Gasteiger partial charge in [0.05, 0.1) is 20.9 Å². The Balaban J connectivity index is 2.03. The van der Waals surface area contributed by atoms with E-state index in [9.17, 15) is 14.7 Å². The number of para-hydroxylation sites is 1. The Labute approximate surface area is 128 Å². The minimum absolute atomic E-state index is 0.120. The second-order valence-corrected chi connectivity index (χ2v) is 6.34. The molecule has 0 aliphatic heterocycles. The van der Waals surface area contributed by atoms with Gasteiger partial charge in [-0.1, -0.05) is 17.7 Å².